The number of aromatic nitrogens is 6. The topological polar surface area (TPSA) is 101 Å². The highest BCUT2D eigenvalue weighted by Crippen LogP contribution is 2.30. The van der Waals surface area contributed by atoms with Crippen molar-refractivity contribution in [2.45, 2.75) is 25.7 Å². The molecule has 1 amide bonds. The molecule has 0 saturated heterocycles. The van der Waals surface area contributed by atoms with Crippen molar-refractivity contribution >= 4 is 16.9 Å². The van der Waals surface area contributed by atoms with Gasteiger partial charge in [-0.25, -0.2) is 4.98 Å². The van der Waals surface area contributed by atoms with Crippen LogP contribution in [0.3, 0.4) is 0 Å². The molecule has 5 rings (SSSR count). The SMILES string of the molecule is Cc1ccc(-c2nnn(CC(=O)NC(c3ccccc3)c3ccc4nc(C(F)(F)F)[nH]c4c3)n2)cc1. The Kier molecular flexibility index (Phi) is 5.96. The number of rotatable bonds is 6. The second-order valence-electron chi connectivity index (χ2n) is 8.28. The molecule has 0 aliphatic heterocycles. The first-order valence-electron chi connectivity index (χ1n) is 11.0. The fraction of sp³-hybridized carbons (Fsp3) is 0.160. The van der Waals surface area contributed by atoms with Crippen molar-refractivity contribution in [3.63, 3.8) is 0 Å². The molecule has 1 unspecified atom stereocenters. The molecule has 0 spiro atoms. The van der Waals surface area contributed by atoms with Crippen LogP contribution in [0.25, 0.3) is 22.4 Å². The Morgan fingerprint density at radius 2 is 1.78 bits per heavy atom. The Morgan fingerprint density at radius 3 is 2.50 bits per heavy atom. The van der Waals surface area contributed by atoms with Gasteiger partial charge in [-0.1, -0.05) is 66.2 Å². The Morgan fingerprint density at radius 1 is 1.03 bits per heavy atom. The first-order valence-corrected chi connectivity index (χ1v) is 11.0. The van der Waals surface area contributed by atoms with E-state index in [0.717, 1.165) is 16.7 Å². The number of benzene rings is 3. The Bertz CT molecular complexity index is 1510. The third-order valence-corrected chi connectivity index (χ3v) is 5.59. The minimum Gasteiger partial charge on any atom is -0.344 e. The number of amides is 1. The van der Waals surface area contributed by atoms with E-state index < -0.39 is 23.9 Å². The quantitative estimate of drug-likeness (QED) is 0.366. The van der Waals surface area contributed by atoms with E-state index in [1.165, 1.54) is 10.9 Å². The van der Waals surface area contributed by atoms with Crippen LogP contribution >= 0.6 is 0 Å². The van der Waals surface area contributed by atoms with E-state index in [9.17, 15) is 18.0 Å². The van der Waals surface area contributed by atoms with Crippen LogP contribution in [0.4, 0.5) is 13.2 Å². The molecule has 11 heteroatoms. The lowest BCUT2D eigenvalue weighted by Gasteiger charge is -2.20. The molecule has 0 saturated carbocycles. The summed E-state index contributed by atoms with van der Waals surface area (Å²) in [5.41, 5.74) is 3.62. The van der Waals surface area contributed by atoms with Crippen molar-refractivity contribution in [2.24, 2.45) is 0 Å². The van der Waals surface area contributed by atoms with Gasteiger partial charge in [0.05, 0.1) is 17.1 Å². The van der Waals surface area contributed by atoms with Crippen LogP contribution in [0.2, 0.25) is 0 Å². The number of aromatic amines is 1. The average molecular weight is 491 g/mol. The summed E-state index contributed by atoms with van der Waals surface area (Å²) in [5.74, 6) is -1.07. The fourth-order valence-corrected chi connectivity index (χ4v) is 3.81. The maximum Gasteiger partial charge on any atom is 0.449 e. The van der Waals surface area contributed by atoms with Gasteiger partial charge in [-0.05, 0) is 35.4 Å². The minimum atomic E-state index is -4.59. The zero-order valence-electron chi connectivity index (χ0n) is 19.0. The second-order valence-corrected chi connectivity index (χ2v) is 8.28. The predicted molar refractivity (Wildman–Crippen MR) is 126 cm³/mol. The van der Waals surface area contributed by atoms with E-state index in [2.05, 4.69) is 30.7 Å². The number of hydrogen-bond donors (Lipinski definition) is 2. The molecule has 2 aromatic heterocycles. The first kappa shape index (κ1) is 23.2. The Labute approximate surface area is 203 Å². The largest absolute Gasteiger partial charge is 0.449 e. The van der Waals surface area contributed by atoms with E-state index in [-0.39, 0.29) is 17.6 Å². The van der Waals surface area contributed by atoms with Crippen LogP contribution in [-0.4, -0.2) is 36.1 Å². The number of halogens is 3. The van der Waals surface area contributed by atoms with Crippen molar-refractivity contribution in [3.8, 4) is 11.4 Å². The molecular formula is C25H20F3N7O. The van der Waals surface area contributed by atoms with Crippen molar-refractivity contribution < 1.29 is 18.0 Å². The van der Waals surface area contributed by atoms with E-state index in [0.29, 0.717) is 11.4 Å². The van der Waals surface area contributed by atoms with Gasteiger partial charge >= 0.3 is 6.18 Å². The number of alkyl halides is 3. The van der Waals surface area contributed by atoms with Crippen LogP contribution < -0.4 is 5.32 Å². The summed E-state index contributed by atoms with van der Waals surface area (Å²) in [5, 5.41) is 15.2. The molecular weight excluding hydrogens is 471 g/mol. The van der Waals surface area contributed by atoms with Gasteiger partial charge in [0.25, 0.3) is 0 Å². The third kappa shape index (κ3) is 4.95. The summed E-state index contributed by atoms with van der Waals surface area (Å²) in [6.45, 7) is 1.79. The number of H-pyrrole nitrogens is 1. The minimum absolute atomic E-state index is 0.180. The summed E-state index contributed by atoms with van der Waals surface area (Å²) in [4.78, 5) is 20.1. The summed E-state index contributed by atoms with van der Waals surface area (Å²) in [7, 11) is 0. The van der Waals surface area contributed by atoms with Crippen LogP contribution in [0.1, 0.15) is 28.6 Å². The summed E-state index contributed by atoms with van der Waals surface area (Å²) >= 11 is 0. The lowest BCUT2D eigenvalue weighted by molar-refractivity contribution is -0.144. The monoisotopic (exact) mass is 491 g/mol. The van der Waals surface area contributed by atoms with Gasteiger partial charge in [0.2, 0.25) is 17.6 Å². The fourth-order valence-electron chi connectivity index (χ4n) is 3.81. The van der Waals surface area contributed by atoms with Gasteiger partial charge in [0.15, 0.2) is 0 Å². The van der Waals surface area contributed by atoms with E-state index in [1.54, 1.807) is 12.1 Å². The van der Waals surface area contributed by atoms with Gasteiger partial charge in [-0.15, -0.1) is 10.2 Å². The zero-order chi connectivity index (χ0) is 25.3. The molecule has 0 aliphatic rings. The van der Waals surface area contributed by atoms with Crippen molar-refractivity contribution in [3.05, 3.63) is 95.3 Å². The molecule has 2 N–H and O–H groups in total. The number of carbonyl (C=O) groups is 1. The van der Waals surface area contributed by atoms with E-state index in [4.69, 9.17) is 0 Å². The van der Waals surface area contributed by atoms with Crippen LogP contribution in [0.5, 0.6) is 0 Å². The maximum absolute atomic E-state index is 13.1. The maximum atomic E-state index is 13.1. The molecule has 0 radical (unpaired) electrons. The van der Waals surface area contributed by atoms with Gasteiger partial charge in [-0.2, -0.15) is 18.0 Å². The lowest BCUT2D eigenvalue weighted by Crippen LogP contribution is -2.32. The van der Waals surface area contributed by atoms with E-state index >= 15 is 0 Å². The van der Waals surface area contributed by atoms with Crippen LogP contribution in [0.15, 0.2) is 72.8 Å². The molecule has 0 bridgehead atoms. The van der Waals surface area contributed by atoms with Crippen LogP contribution in [0, 0.1) is 6.92 Å². The molecule has 1 atom stereocenters. The number of imidazole rings is 1. The number of nitrogens with zero attached hydrogens (tertiary/aromatic N) is 5. The number of fused-ring (bicyclic) bond motifs is 1. The number of nitrogens with one attached hydrogen (secondary N) is 2. The molecule has 0 aliphatic carbocycles. The standard InChI is InChI=1S/C25H20F3N7O/c1-15-7-9-17(10-8-15)23-32-34-35(33-23)14-21(36)31-22(16-5-3-2-4-6-16)18-11-12-19-20(13-18)30-24(29-19)25(26,27)28/h2-13,22H,14H2,1H3,(H,29,30)(H,31,36). The summed E-state index contributed by atoms with van der Waals surface area (Å²) in [6.07, 6.45) is -4.59. The van der Waals surface area contributed by atoms with Gasteiger partial charge in [-0.3, -0.25) is 4.79 Å². The van der Waals surface area contributed by atoms with Gasteiger partial charge in [0.1, 0.15) is 6.54 Å². The Hall–Kier alpha value is -4.54. The number of carbonyl (C=O) groups excluding carboxylic acids is 1. The zero-order valence-corrected chi connectivity index (χ0v) is 19.0. The molecule has 182 valence electrons. The summed E-state index contributed by atoms with van der Waals surface area (Å²) in [6, 6.07) is 20.8. The van der Waals surface area contributed by atoms with Gasteiger partial charge in [0, 0.05) is 5.56 Å². The highest BCUT2D eigenvalue weighted by Gasteiger charge is 2.34. The average Bonchev–Trinajstić information content (AvgIpc) is 3.50. The van der Waals surface area contributed by atoms with Crippen LogP contribution in [-0.2, 0) is 17.5 Å². The molecule has 3 aromatic carbocycles. The highest BCUT2D eigenvalue weighted by atomic mass is 19.4. The number of aryl methyl sites for hydroxylation is 1. The first-order chi connectivity index (χ1) is 17.3. The number of tetrazole rings is 1. The van der Waals surface area contributed by atoms with Gasteiger partial charge < -0.3 is 10.3 Å². The van der Waals surface area contributed by atoms with E-state index in [1.807, 2.05) is 61.5 Å². The molecule has 36 heavy (non-hydrogen) atoms. The lowest BCUT2D eigenvalue weighted by atomic mass is 9.98. The predicted octanol–water partition coefficient (Wildman–Crippen LogP) is 4.45. The molecule has 0 fully saturated rings. The van der Waals surface area contributed by atoms with Crippen molar-refractivity contribution in [2.75, 3.05) is 0 Å². The normalized spacial score (nSPS) is 12.6. The molecule has 5 aromatic rings. The van der Waals surface area contributed by atoms with Crippen molar-refractivity contribution in [1.29, 1.82) is 0 Å². The van der Waals surface area contributed by atoms with Crippen molar-refractivity contribution in [1.82, 2.24) is 35.5 Å². The number of hydrogen-bond acceptors (Lipinski definition) is 5. The highest BCUT2D eigenvalue weighted by molar-refractivity contribution is 5.79. The Balaban J connectivity index is 1.39. The second kappa shape index (κ2) is 9.25. The molecule has 2 heterocycles. The molecule has 8 nitrogen and oxygen atoms in total. The third-order valence-electron chi connectivity index (χ3n) is 5.59. The smallest absolute Gasteiger partial charge is 0.344 e. The summed E-state index contributed by atoms with van der Waals surface area (Å²) < 4.78 is 39.3.